The SMILES string of the molecule is CC(=O)O[C@@H]1[C@H](OC(C)=O)C[C@@H](C)O[C@@]12CCCCO2. The average Bonchev–Trinajstić information content (AvgIpc) is 2.34. The van der Waals surface area contributed by atoms with Crippen LogP contribution in [0.1, 0.15) is 46.5 Å². The highest BCUT2D eigenvalue weighted by atomic mass is 16.7. The molecule has 6 heteroatoms. The molecular formula is C14H22O6. The van der Waals surface area contributed by atoms with Crippen LogP contribution in [-0.4, -0.2) is 42.6 Å². The third kappa shape index (κ3) is 3.30. The second kappa shape index (κ2) is 6.10. The molecule has 2 aliphatic heterocycles. The molecule has 0 unspecified atom stereocenters. The molecule has 6 nitrogen and oxygen atoms in total. The van der Waals surface area contributed by atoms with Crippen LogP contribution in [0.4, 0.5) is 0 Å². The Bertz CT molecular complexity index is 374. The van der Waals surface area contributed by atoms with Crippen molar-refractivity contribution < 1.29 is 28.5 Å². The topological polar surface area (TPSA) is 71.1 Å². The quantitative estimate of drug-likeness (QED) is 0.717. The lowest BCUT2D eigenvalue weighted by molar-refractivity contribution is -0.351. The molecule has 4 atom stereocenters. The number of carbonyl (C=O) groups is 2. The van der Waals surface area contributed by atoms with E-state index in [1.54, 1.807) is 0 Å². The number of hydrogen-bond donors (Lipinski definition) is 0. The Morgan fingerprint density at radius 1 is 1.15 bits per heavy atom. The van der Waals surface area contributed by atoms with E-state index in [2.05, 4.69) is 0 Å². The zero-order valence-corrected chi connectivity index (χ0v) is 12.2. The van der Waals surface area contributed by atoms with Gasteiger partial charge in [-0.25, -0.2) is 0 Å². The largest absolute Gasteiger partial charge is 0.458 e. The second-order valence-corrected chi connectivity index (χ2v) is 5.46. The Morgan fingerprint density at radius 2 is 1.85 bits per heavy atom. The van der Waals surface area contributed by atoms with Crippen LogP contribution < -0.4 is 0 Å². The summed E-state index contributed by atoms with van der Waals surface area (Å²) in [4.78, 5) is 22.7. The minimum absolute atomic E-state index is 0.121. The summed E-state index contributed by atoms with van der Waals surface area (Å²) in [5.74, 6) is -1.81. The molecule has 0 aromatic rings. The fourth-order valence-corrected chi connectivity index (χ4v) is 2.97. The lowest BCUT2D eigenvalue weighted by Crippen LogP contribution is -2.62. The highest BCUT2D eigenvalue weighted by Crippen LogP contribution is 2.40. The third-order valence-electron chi connectivity index (χ3n) is 3.61. The minimum atomic E-state index is -0.984. The van der Waals surface area contributed by atoms with E-state index in [-0.39, 0.29) is 6.10 Å². The maximum atomic E-state index is 11.4. The van der Waals surface area contributed by atoms with E-state index < -0.39 is 29.9 Å². The molecule has 1 spiro atoms. The van der Waals surface area contributed by atoms with Gasteiger partial charge in [0.15, 0.2) is 6.10 Å². The summed E-state index contributed by atoms with van der Waals surface area (Å²) in [6.45, 7) is 5.14. The monoisotopic (exact) mass is 286 g/mol. The van der Waals surface area contributed by atoms with Gasteiger partial charge in [-0.15, -0.1) is 0 Å². The molecule has 0 saturated carbocycles. The van der Waals surface area contributed by atoms with Crippen molar-refractivity contribution in [3.63, 3.8) is 0 Å². The standard InChI is InChI=1S/C14H22O6/c1-9-8-12(18-10(2)15)13(19-11(3)16)14(20-9)6-4-5-7-17-14/h9,12-13H,4-8H2,1-3H3/t9-,12-,13-,14+/m1/s1. The zero-order valence-electron chi connectivity index (χ0n) is 12.2. The van der Waals surface area contributed by atoms with E-state index in [0.29, 0.717) is 19.4 Å². The summed E-state index contributed by atoms with van der Waals surface area (Å²) in [6, 6.07) is 0. The van der Waals surface area contributed by atoms with Crippen molar-refractivity contribution in [2.24, 2.45) is 0 Å². The Kier molecular flexibility index (Phi) is 4.65. The van der Waals surface area contributed by atoms with Crippen LogP contribution in [0.3, 0.4) is 0 Å². The predicted octanol–water partition coefficient (Wildman–Crippen LogP) is 1.56. The Hall–Kier alpha value is -1.14. The lowest BCUT2D eigenvalue weighted by atomic mass is 9.89. The summed E-state index contributed by atoms with van der Waals surface area (Å²) in [6.07, 6.45) is 1.64. The van der Waals surface area contributed by atoms with Gasteiger partial charge in [0, 0.05) is 26.7 Å². The lowest BCUT2D eigenvalue weighted by Gasteiger charge is -2.49. The van der Waals surface area contributed by atoms with Gasteiger partial charge >= 0.3 is 11.9 Å². The smallest absolute Gasteiger partial charge is 0.303 e. The van der Waals surface area contributed by atoms with E-state index in [1.165, 1.54) is 13.8 Å². The Labute approximate surface area is 118 Å². The maximum absolute atomic E-state index is 11.4. The van der Waals surface area contributed by atoms with Crippen LogP contribution in [-0.2, 0) is 28.5 Å². The molecule has 0 aromatic carbocycles. The number of ether oxygens (including phenoxy) is 4. The van der Waals surface area contributed by atoms with Gasteiger partial charge in [0.25, 0.3) is 0 Å². The molecule has 114 valence electrons. The summed E-state index contributed by atoms with van der Waals surface area (Å²) >= 11 is 0. The summed E-state index contributed by atoms with van der Waals surface area (Å²) in [5, 5.41) is 0. The van der Waals surface area contributed by atoms with Crippen LogP contribution in [0, 0.1) is 0 Å². The van der Waals surface area contributed by atoms with Gasteiger partial charge < -0.3 is 18.9 Å². The molecule has 0 amide bonds. The van der Waals surface area contributed by atoms with Crippen molar-refractivity contribution in [2.45, 2.75) is 70.6 Å². The van der Waals surface area contributed by atoms with E-state index >= 15 is 0 Å². The first-order valence-corrected chi connectivity index (χ1v) is 7.09. The number of carbonyl (C=O) groups excluding carboxylic acids is 2. The van der Waals surface area contributed by atoms with Crippen molar-refractivity contribution in [2.75, 3.05) is 6.61 Å². The van der Waals surface area contributed by atoms with Gasteiger partial charge in [0.1, 0.15) is 6.10 Å². The van der Waals surface area contributed by atoms with Crippen molar-refractivity contribution >= 4 is 11.9 Å². The van der Waals surface area contributed by atoms with Gasteiger partial charge in [-0.2, -0.15) is 0 Å². The Balaban J connectivity index is 2.25. The van der Waals surface area contributed by atoms with Crippen LogP contribution in [0.15, 0.2) is 0 Å². The highest BCUT2D eigenvalue weighted by molar-refractivity contribution is 5.67. The first-order chi connectivity index (χ1) is 9.43. The van der Waals surface area contributed by atoms with Crippen molar-refractivity contribution in [3.8, 4) is 0 Å². The van der Waals surface area contributed by atoms with Crippen LogP contribution in [0.25, 0.3) is 0 Å². The first-order valence-electron chi connectivity index (χ1n) is 7.09. The molecule has 0 aromatic heterocycles. The molecule has 20 heavy (non-hydrogen) atoms. The van der Waals surface area contributed by atoms with Gasteiger partial charge in [-0.1, -0.05) is 0 Å². The van der Waals surface area contributed by atoms with Gasteiger partial charge in [-0.3, -0.25) is 9.59 Å². The van der Waals surface area contributed by atoms with Crippen molar-refractivity contribution in [3.05, 3.63) is 0 Å². The fraction of sp³-hybridized carbons (Fsp3) is 0.857. The zero-order chi connectivity index (χ0) is 14.8. The molecule has 0 bridgehead atoms. The van der Waals surface area contributed by atoms with Gasteiger partial charge in [-0.05, 0) is 19.8 Å². The van der Waals surface area contributed by atoms with E-state index in [0.717, 1.165) is 12.8 Å². The number of hydrogen-bond acceptors (Lipinski definition) is 6. The predicted molar refractivity (Wildman–Crippen MR) is 68.8 cm³/mol. The first kappa shape index (κ1) is 15.3. The van der Waals surface area contributed by atoms with Gasteiger partial charge in [0.05, 0.1) is 12.7 Å². The summed E-state index contributed by atoms with van der Waals surface area (Å²) < 4.78 is 22.5. The molecule has 2 fully saturated rings. The van der Waals surface area contributed by atoms with Crippen molar-refractivity contribution in [1.29, 1.82) is 0 Å². The fourth-order valence-electron chi connectivity index (χ4n) is 2.97. The minimum Gasteiger partial charge on any atom is -0.458 e. The number of rotatable bonds is 2. The van der Waals surface area contributed by atoms with E-state index in [4.69, 9.17) is 18.9 Å². The average molecular weight is 286 g/mol. The molecule has 0 radical (unpaired) electrons. The van der Waals surface area contributed by atoms with Crippen LogP contribution in [0.5, 0.6) is 0 Å². The molecule has 0 N–H and O–H groups in total. The molecule has 2 heterocycles. The summed E-state index contributed by atoms with van der Waals surface area (Å²) in [7, 11) is 0. The Morgan fingerprint density at radius 3 is 2.40 bits per heavy atom. The molecule has 0 aliphatic carbocycles. The van der Waals surface area contributed by atoms with Crippen LogP contribution in [0.2, 0.25) is 0 Å². The molecule has 2 saturated heterocycles. The maximum Gasteiger partial charge on any atom is 0.303 e. The van der Waals surface area contributed by atoms with E-state index in [9.17, 15) is 9.59 Å². The molecule has 2 rings (SSSR count). The third-order valence-corrected chi connectivity index (χ3v) is 3.61. The van der Waals surface area contributed by atoms with E-state index in [1.807, 2.05) is 6.92 Å². The molecule has 2 aliphatic rings. The number of esters is 2. The van der Waals surface area contributed by atoms with Crippen LogP contribution >= 0.6 is 0 Å². The van der Waals surface area contributed by atoms with Gasteiger partial charge in [0.2, 0.25) is 5.79 Å². The second-order valence-electron chi connectivity index (χ2n) is 5.46. The highest BCUT2D eigenvalue weighted by Gasteiger charge is 2.54. The normalized spacial score (nSPS) is 37.5. The summed E-state index contributed by atoms with van der Waals surface area (Å²) in [5.41, 5.74) is 0. The van der Waals surface area contributed by atoms with Crippen molar-refractivity contribution in [1.82, 2.24) is 0 Å². The molecular weight excluding hydrogens is 264 g/mol.